The van der Waals surface area contributed by atoms with Crippen molar-refractivity contribution in [3.05, 3.63) is 30.3 Å². The second-order valence-corrected chi connectivity index (χ2v) is 9.49. The first-order valence-electron chi connectivity index (χ1n) is 8.13. The molecule has 5 nitrogen and oxygen atoms in total. The first-order chi connectivity index (χ1) is 10.8. The van der Waals surface area contributed by atoms with E-state index in [2.05, 4.69) is 0 Å². The Kier molecular flexibility index (Phi) is 9.16. The number of ether oxygens (including phenoxy) is 2. The first-order valence-corrected chi connectivity index (χ1v) is 9.57. The van der Waals surface area contributed by atoms with Crippen LogP contribution >= 0.6 is 0 Å². The van der Waals surface area contributed by atoms with Crippen molar-refractivity contribution in [2.24, 2.45) is 10.8 Å². The SMILES string of the molecule is CCOC(COc1ccccc1)(C(C)(C)CC(C)(C)C)S(=O)(=O)O.[NaH]. The van der Waals surface area contributed by atoms with Gasteiger partial charge in [0.2, 0.25) is 4.93 Å². The van der Waals surface area contributed by atoms with Crippen molar-refractivity contribution < 1.29 is 22.4 Å². The van der Waals surface area contributed by atoms with E-state index in [9.17, 15) is 13.0 Å². The second-order valence-electron chi connectivity index (χ2n) is 7.88. The normalized spacial score (nSPS) is 15.2. The van der Waals surface area contributed by atoms with Crippen molar-refractivity contribution in [3.8, 4) is 5.75 Å². The van der Waals surface area contributed by atoms with Crippen LogP contribution in [0.1, 0.15) is 48.0 Å². The zero-order valence-electron chi connectivity index (χ0n) is 15.5. The Labute approximate surface area is 174 Å². The fourth-order valence-electron chi connectivity index (χ4n) is 3.32. The molecule has 1 rings (SSSR count). The van der Waals surface area contributed by atoms with Gasteiger partial charge in [-0.1, -0.05) is 52.8 Å². The van der Waals surface area contributed by atoms with Gasteiger partial charge in [-0.05, 0) is 30.9 Å². The molecule has 25 heavy (non-hydrogen) atoms. The van der Waals surface area contributed by atoms with E-state index >= 15 is 0 Å². The predicted octanol–water partition coefficient (Wildman–Crippen LogP) is 3.50. The van der Waals surface area contributed by atoms with Crippen LogP contribution in [0.3, 0.4) is 0 Å². The van der Waals surface area contributed by atoms with Gasteiger partial charge >= 0.3 is 29.6 Å². The summed E-state index contributed by atoms with van der Waals surface area (Å²) in [5.74, 6) is 0.525. The number of hydrogen-bond acceptors (Lipinski definition) is 4. The van der Waals surface area contributed by atoms with Crippen LogP contribution in [0.5, 0.6) is 5.75 Å². The van der Waals surface area contributed by atoms with E-state index in [1.165, 1.54) is 0 Å². The maximum atomic E-state index is 12.3. The molecule has 1 unspecified atom stereocenters. The second kappa shape index (κ2) is 9.20. The van der Waals surface area contributed by atoms with Gasteiger partial charge in [-0.3, -0.25) is 4.55 Å². The molecule has 0 radical (unpaired) electrons. The van der Waals surface area contributed by atoms with Gasteiger partial charge in [-0.25, -0.2) is 0 Å². The average molecular weight is 382 g/mol. The Bertz CT molecular complexity index is 623. The zero-order valence-corrected chi connectivity index (χ0v) is 16.3. The molecule has 0 spiro atoms. The third-order valence-electron chi connectivity index (χ3n) is 3.97. The molecule has 0 aliphatic carbocycles. The monoisotopic (exact) mass is 382 g/mol. The zero-order chi connectivity index (χ0) is 18.6. The molecule has 0 aromatic heterocycles. The van der Waals surface area contributed by atoms with E-state index in [0.717, 1.165) is 0 Å². The standard InChI is InChI=1S/C18H30O5S.Na.H/c1-7-23-18(24(19,20)21,17(5,6)13-16(2,3)4)14-22-15-11-9-8-10-12-15;;/h8-12H,7,13-14H2,1-6H3,(H,19,20,21);;. The molecule has 1 N–H and O–H groups in total. The molecule has 140 valence electrons. The number of rotatable bonds is 8. The van der Waals surface area contributed by atoms with E-state index in [1.54, 1.807) is 45.0 Å². The van der Waals surface area contributed by atoms with Gasteiger partial charge in [0.1, 0.15) is 12.4 Å². The van der Waals surface area contributed by atoms with Crippen molar-refractivity contribution >= 4 is 39.7 Å². The summed E-state index contributed by atoms with van der Waals surface area (Å²) in [4.78, 5) is -1.85. The topological polar surface area (TPSA) is 72.8 Å². The molecular formula is C18H31NaO5S. The van der Waals surface area contributed by atoms with Crippen molar-refractivity contribution in [2.75, 3.05) is 13.2 Å². The van der Waals surface area contributed by atoms with Crippen LogP contribution in [0.15, 0.2) is 30.3 Å². The van der Waals surface area contributed by atoms with Crippen molar-refractivity contribution in [1.82, 2.24) is 0 Å². The third kappa shape index (κ3) is 6.52. The molecule has 0 fully saturated rings. The summed E-state index contributed by atoms with van der Waals surface area (Å²) in [5, 5.41) is 0. The van der Waals surface area contributed by atoms with Gasteiger partial charge in [-0.2, -0.15) is 8.42 Å². The molecule has 7 heteroatoms. The first kappa shape index (κ1) is 24.9. The minimum atomic E-state index is -4.54. The van der Waals surface area contributed by atoms with Gasteiger partial charge in [-0.15, -0.1) is 0 Å². The van der Waals surface area contributed by atoms with E-state index < -0.39 is 20.5 Å². The third-order valence-corrected chi connectivity index (χ3v) is 5.59. The average Bonchev–Trinajstić information content (AvgIpc) is 2.40. The van der Waals surface area contributed by atoms with Crippen LogP contribution in [0.4, 0.5) is 0 Å². The molecule has 1 aromatic rings. The fourth-order valence-corrected chi connectivity index (χ4v) is 4.56. The predicted molar refractivity (Wildman–Crippen MR) is 103 cm³/mol. The van der Waals surface area contributed by atoms with Gasteiger partial charge in [0.15, 0.2) is 0 Å². The van der Waals surface area contributed by atoms with Crippen molar-refractivity contribution in [2.45, 2.75) is 52.9 Å². The van der Waals surface area contributed by atoms with E-state index in [-0.39, 0.29) is 48.2 Å². The molecule has 1 aromatic carbocycles. The Morgan fingerprint density at radius 1 is 1.04 bits per heavy atom. The van der Waals surface area contributed by atoms with E-state index in [4.69, 9.17) is 9.47 Å². The molecule has 0 aliphatic rings. The molecule has 0 aliphatic heterocycles. The van der Waals surface area contributed by atoms with Crippen LogP contribution in [-0.4, -0.2) is 60.7 Å². The Morgan fingerprint density at radius 2 is 1.56 bits per heavy atom. The van der Waals surface area contributed by atoms with Crippen LogP contribution < -0.4 is 4.74 Å². The molecule has 0 saturated heterocycles. The summed E-state index contributed by atoms with van der Waals surface area (Å²) in [6, 6.07) is 8.90. The maximum absolute atomic E-state index is 12.3. The number of para-hydroxylation sites is 1. The molecule has 0 saturated carbocycles. The summed E-state index contributed by atoms with van der Waals surface area (Å²) in [6.07, 6.45) is 0.526. The summed E-state index contributed by atoms with van der Waals surface area (Å²) < 4.78 is 46.1. The van der Waals surface area contributed by atoms with Gasteiger partial charge < -0.3 is 9.47 Å². The summed E-state index contributed by atoms with van der Waals surface area (Å²) in [5.41, 5.74) is -1.02. The Balaban J connectivity index is 0.00000576. The fraction of sp³-hybridized carbons (Fsp3) is 0.667. The summed E-state index contributed by atoms with van der Waals surface area (Å²) in [6.45, 7) is 11.2. The Morgan fingerprint density at radius 3 is 1.96 bits per heavy atom. The van der Waals surface area contributed by atoms with Crippen LogP contribution in [0.25, 0.3) is 0 Å². The number of hydrogen-bond donors (Lipinski definition) is 1. The summed E-state index contributed by atoms with van der Waals surface area (Å²) >= 11 is 0. The molecular weight excluding hydrogens is 351 g/mol. The van der Waals surface area contributed by atoms with Crippen LogP contribution in [-0.2, 0) is 14.9 Å². The van der Waals surface area contributed by atoms with E-state index in [1.807, 2.05) is 26.8 Å². The van der Waals surface area contributed by atoms with Crippen molar-refractivity contribution in [1.29, 1.82) is 0 Å². The van der Waals surface area contributed by atoms with Crippen LogP contribution in [0.2, 0.25) is 0 Å². The molecule has 1 atom stereocenters. The van der Waals surface area contributed by atoms with Crippen LogP contribution in [0, 0.1) is 10.8 Å². The van der Waals surface area contributed by atoms with Gasteiger partial charge in [0, 0.05) is 12.0 Å². The van der Waals surface area contributed by atoms with Gasteiger partial charge in [0.05, 0.1) is 0 Å². The van der Waals surface area contributed by atoms with Crippen molar-refractivity contribution in [3.63, 3.8) is 0 Å². The number of benzene rings is 1. The van der Waals surface area contributed by atoms with Gasteiger partial charge in [0.25, 0.3) is 10.1 Å². The molecule has 0 bridgehead atoms. The molecule has 0 amide bonds. The summed E-state index contributed by atoms with van der Waals surface area (Å²) in [7, 11) is -4.54. The minimum absolute atomic E-state index is 0. The Hall–Kier alpha value is -0.110. The quantitative estimate of drug-likeness (QED) is 0.550. The molecule has 0 heterocycles. The van der Waals surface area contributed by atoms with E-state index in [0.29, 0.717) is 12.2 Å².